The summed E-state index contributed by atoms with van der Waals surface area (Å²) in [4.78, 5) is 11.7. The summed E-state index contributed by atoms with van der Waals surface area (Å²) in [5, 5.41) is 12.5. The molecule has 0 aliphatic carbocycles. The molecule has 3 nitrogen and oxygen atoms in total. The fourth-order valence-corrected chi connectivity index (χ4v) is 3.56. The molecule has 1 unspecified atom stereocenters. The molecule has 0 spiro atoms. The summed E-state index contributed by atoms with van der Waals surface area (Å²) in [6, 6.07) is 9.51. The van der Waals surface area contributed by atoms with Gasteiger partial charge in [-0.05, 0) is 16.4 Å². The predicted molar refractivity (Wildman–Crippen MR) is 66.4 cm³/mol. The van der Waals surface area contributed by atoms with E-state index in [2.05, 4.69) is 0 Å². The Morgan fingerprint density at radius 1 is 1.19 bits per heavy atom. The second-order valence-electron chi connectivity index (χ2n) is 3.42. The van der Waals surface area contributed by atoms with Crippen molar-refractivity contribution in [3.63, 3.8) is 0 Å². The van der Waals surface area contributed by atoms with Crippen LogP contribution in [0.2, 0.25) is 0 Å². The summed E-state index contributed by atoms with van der Waals surface area (Å²) < 4.78 is 0. The molecule has 84 valence electrons. The first-order chi connectivity index (χ1) is 7.83. The highest BCUT2D eigenvalue weighted by Crippen LogP contribution is 2.47. The molecule has 1 amide bonds. The van der Waals surface area contributed by atoms with E-state index < -0.39 is 10.9 Å². The van der Waals surface area contributed by atoms with Crippen molar-refractivity contribution in [1.82, 2.24) is 5.48 Å². The minimum atomic E-state index is -0.663. The van der Waals surface area contributed by atoms with E-state index in [0.29, 0.717) is 0 Å². The summed E-state index contributed by atoms with van der Waals surface area (Å²) in [6.45, 7) is 0. The zero-order chi connectivity index (χ0) is 11.4. The normalized spacial score (nSPS) is 17.4. The number of benzene rings is 1. The van der Waals surface area contributed by atoms with Gasteiger partial charge in [0.25, 0.3) is 5.91 Å². The number of amides is 1. The first-order valence-corrected chi connectivity index (χ1v) is 6.49. The van der Waals surface area contributed by atoms with E-state index in [4.69, 9.17) is 5.21 Å². The minimum absolute atomic E-state index is 0.309. The largest absolute Gasteiger partial charge is 0.289 e. The van der Waals surface area contributed by atoms with Crippen molar-refractivity contribution in [3.05, 3.63) is 58.9 Å². The lowest BCUT2D eigenvalue weighted by Gasteiger charge is -2.22. The van der Waals surface area contributed by atoms with E-state index in [1.807, 2.05) is 53.3 Å². The van der Waals surface area contributed by atoms with Gasteiger partial charge in [0.15, 0.2) is 0 Å². The van der Waals surface area contributed by atoms with Crippen LogP contribution in [0, 0.1) is 0 Å². The summed E-state index contributed by atoms with van der Waals surface area (Å²) >= 11 is 0. The van der Waals surface area contributed by atoms with Crippen LogP contribution in [0.4, 0.5) is 0 Å². The summed E-state index contributed by atoms with van der Waals surface area (Å²) in [6.07, 6.45) is 3.87. The number of hydroxylamine groups is 1. The molecule has 1 heterocycles. The van der Waals surface area contributed by atoms with Crippen molar-refractivity contribution in [2.75, 3.05) is 0 Å². The van der Waals surface area contributed by atoms with Crippen LogP contribution >= 0.6 is 10.9 Å². The van der Waals surface area contributed by atoms with Crippen LogP contribution in [-0.2, 0) is 4.79 Å². The van der Waals surface area contributed by atoms with Crippen molar-refractivity contribution in [1.29, 1.82) is 0 Å². The molecule has 16 heavy (non-hydrogen) atoms. The first-order valence-electron chi connectivity index (χ1n) is 4.94. The van der Waals surface area contributed by atoms with Crippen LogP contribution in [-0.4, -0.2) is 11.1 Å². The third-order valence-corrected chi connectivity index (χ3v) is 4.56. The molecule has 1 atom stereocenters. The van der Waals surface area contributed by atoms with Gasteiger partial charge < -0.3 is 0 Å². The fourth-order valence-electron chi connectivity index (χ4n) is 1.68. The van der Waals surface area contributed by atoms with Gasteiger partial charge >= 0.3 is 0 Å². The molecular weight excluding hydrogens is 222 g/mol. The Bertz CT molecular complexity index is 416. The highest BCUT2D eigenvalue weighted by Gasteiger charge is 2.24. The number of hydrogen-bond donors (Lipinski definition) is 3. The Morgan fingerprint density at radius 2 is 1.81 bits per heavy atom. The Balaban J connectivity index is 2.31. The van der Waals surface area contributed by atoms with Crippen LogP contribution in [0.1, 0.15) is 10.8 Å². The van der Waals surface area contributed by atoms with Gasteiger partial charge in [0.2, 0.25) is 0 Å². The zero-order valence-corrected chi connectivity index (χ0v) is 9.47. The monoisotopic (exact) mass is 235 g/mol. The summed E-state index contributed by atoms with van der Waals surface area (Å²) in [7, 11) is -0.663. The van der Waals surface area contributed by atoms with E-state index in [1.165, 1.54) is 0 Å². The van der Waals surface area contributed by atoms with E-state index in [0.717, 1.165) is 5.56 Å². The molecule has 0 saturated carbocycles. The Kier molecular flexibility index (Phi) is 3.44. The second-order valence-corrected chi connectivity index (χ2v) is 5.43. The maximum absolute atomic E-state index is 11.7. The standard InChI is InChI=1S/C12H13NO2S/c14-12(13-15)11(16-8-4-5-9-16)10-6-2-1-3-7-10/h1-9,11,15-16H,(H,13,14). The molecule has 0 fully saturated rings. The average Bonchev–Trinajstić information content (AvgIpc) is 2.84. The lowest BCUT2D eigenvalue weighted by atomic mass is 10.1. The van der Waals surface area contributed by atoms with Gasteiger partial charge in [0.05, 0.1) is 5.25 Å². The van der Waals surface area contributed by atoms with Crippen LogP contribution in [0.3, 0.4) is 0 Å². The fraction of sp³-hybridized carbons (Fsp3) is 0.0833. The van der Waals surface area contributed by atoms with Crippen LogP contribution in [0.15, 0.2) is 53.3 Å². The third kappa shape index (κ3) is 2.18. The lowest BCUT2D eigenvalue weighted by molar-refractivity contribution is -0.128. The van der Waals surface area contributed by atoms with Gasteiger partial charge in [-0.2, -0.15) is 10.9 Å². The molecule has 0 saturated heterocycles. The maximum atomic E-state index is 11.7. The number of carbonyl (C=O) groups is 1. The summed E-state index contributed by atoms with van der Waals surface area (Å²) in [5.41, 5.74) is 2.68. The van der Waals surface area contributed by atoms with E-state index in [-0.39, 0.29) is 11.2 Å². The van der Waals surface area contributed by atoms with Gasteiger partial charge in [-0.15, -0.1) is 0 Å². The molecule has 2 rings (SSSR count). The maximum Gasteiger partial charge on any atom is 0.259 e. The number of hydrogen-bond acceptors (Lipinski definition) is 2. The topological polar surface area (TPSA) is 49.3 Å². The second kappa shape index (κ2) is 5.01. The van der Waals surface area contributed by atoms with Crippen molar-refractivity contribution in [3.8, 4) is 0 Å². The van der Waals surface area contributed by atoms with Gasteiger partial charge in [-0.1, -0.05) is 42.5 Å². The van der Waals surface area contributed by atoms with Crippen molar-refractivity contribution in [2.24, 2.45) is 0 Å². The molecule has 0 bridgehead atoms. The highest BCUT2D eigenvalue weighted by atomic mass is 32.2. The van der Waals surface area contributed by atoms with E-state index >= 15 is 0 Å². The quantitative estimate of drug-likeness (QED) is 0.427. The summed E-state index contributed by atoms with van der Waals surface area (Å²) in [5.74, 6) is -0.353. The SMILES string of the molecule is O=C(NO)C(c1ccccc1)[SH]1C=CC=C1. The molecule has 1 aliphatic rings. The number of allylic oxidation sites excluding steroid dienone is 2. The van der Waals surface area contributed by atoms with Crippen molar-refractivity contribution >= 4 is 16.8 Å². The Morgan fingerprint density at radius 3 is 2.38 bits per heavy atom. The Labute approximate surface area is 96.8 Å². The Hall–Kier alpha value is -1.52. The molecule has 4 heteroatoms. The lowest BCUT2D eigenvalue weighted by Crippen LogP contribution is -2.25. The molecule has 1 aromatic carbocycles. The van der Waals surface area contributed by atoms with Crippen LogP contribution in [0.25, 0.3) is 0 Å². The van der Waals surface area contributed by atoms with Gasteiger partial charge in [-0.3, -0.25) is 10.0 Å². The van der Waals surface area contributed by atoms with Gasteiger partial charge in [0.1, 0.15) is 0 Å². The molecule has 1 aliphatic heterocycles. The molecular formula is C12H13NO2S. The number of carbonyl (C=O) groups excluding carboxylic acids is 1. The minimum Gasteiger partial charge on any atom is -0.289 e. The third-order valence-electron chi connectivity index (χ3n) is 2.40. The molecule has 0 aromatic heterocycles. The van der Waals surface area contributed by atoms with E-state index in [1.54, 1.807) is 5.48 Å². The van der Waals surface area contributed by atoms with Crippen LogP contribution < -0.4 is 5.48 Å². The molecule has 2 N–H and O–H groups in total. The molecule has 1 aromatic rings. The van der Waals surface area contributed by atoms with Gasteiger partial charge in [0, 0.05) is 0 Å². The predicted octanol–water partition coefficient (Wildman–Crippen LogP) is 2.28. The molecule has 0 radical (unpaired) electrons. The van der Waals surface area contributed by atoms with E-state index in [9.17, 15) is 4.79 Å². The number of thiol groups is 1. The van der Waals surface area contributed by atoms with Crippen LogP contribution in [0.5, 0.6) is 0 Å². The highest BCUT2D eigenvalue weighted by molar-refractivity contribution is 8.23. The van der Waals surface area contributed by atoms with Crippen molar-refractivity contribution < 1.29 is 10.0 Å². The first kappa shape index (κ1) is 11.0. The zero-order valence-electron chi connectivity index (χ0n) is 8.58. The average molecular weight is 235 g/mol. The van der Waals surface area contributed by atoms with Gasteiger partial charge in [-0.25, -0.2) is 5.48 Å². The number of nitrogens with one attached hydrogen (secondary N) is 1. The van der Waals surface area contributed by atoms with Crippen molar-refractivity contribution in [2.45, 2.75) is 5.25 Å². The number of rotatable bonds is 3. The smallest absolute Gasteiger partial charge is 0.259 e.